The van der Waals surface area contributed by atoms with Gasteiger partial charge in [0.15, 0.2) is 0 Å². The minimum absolute atomic E-state index is 0.00754. The molecule has 0 unspecified atom stereocenters. The number of hydrogen-bond donors (Lipinski definition) is 2. The van der Waals surface area contributed by atoms with Crippen LogP contribution in [0.1, 0.15) is 11.1 Å². The first kappa shape index (κ1) is 16.8. The second-order valence-corrected chi connectivity index (χ2v) is 5.98. The standard InChI is InChI=1S/C19H15F2N5O/c20-15-8-14(9-16(21)10-15)17-5-2-6-26(24-17)11-12-3-1-4-13(7-12)18-23-19(22)27-25-18/h1-10,24H,11H2,(H2,22,23,25). The number of nitrogens with two attached hydrogens (primary N) is 1. The lowest BCUT2D eigenvalue weighted by Crippen LogP contribution is -2.33. The molecule has 0 aliphatic carbocycles. The van der Waals surface area contributed by atoms with Crippen LogP contribution in [0.4, 0.5) is 14.8 Å². The molecule has 0 bridgehead atoms. The Morgan fingerprint density at radius 2 is 1.89 bits per heavy atom. The first-order valence-corrected chi connectivity index (χ1v) is 8.13. The summed E-state index contributed by atoms with van der Waals surface area (Å²) in [5.74, 6) is -0.839. The first-order valence-electron chi connectivity index (χ1n) is 8.13. The molecule has 0 radical (unpaired) electrons. The summed E-state index contributed by atoms with van der Waals surface area (Å²) >= 11 is 0. The van der Waals surface area contributed by atoms with Crippen LogP contribution in [0.2, 0.25) is 0 Å². The van der Waals surface area contributed by atoms with E-state index in [0.29, 0.717) is 23.6 Å². The zero-order valence-electron chi connectivity index (χ0n) is 14.1. The van der Waals surface area contributed by atoms with E-state index in [4.69, 9.17) is 10.3 Å². The van der Waals surface area contributed by atoms with Crippen LogP contribution in [0, 0.1) is 11.6 Å². The number of allylic oxidation sites excluding steroid dienone is 2. The molecule has 1 aliphatic heterocycles. The average molecular weight is 367 g/mol. The van der Waals surface area contributed by atoms with Gasteiger partial charge in [0.1, 0.15) is 11.6 Å². The van der Waals surface area contributed by atoms with Gasteiger partial charge < -0.3 is 10.3 Å². The van der Waals surface area contributed by atoms with E-state index < -0.39 is 11.6 Å². The number of anilines is 1. The number of nitrogens with one attached hydrogen (secondary N) is 1. The summed E-state index contributed by atoms with van der Waals surface area (Å²) in [6, 6.07) is 11.0. The van der Waals surface area contributed by atoms with Crippen LogP contribution in [0.25, 0.3) is 17.1 Å². The molecule has 0 atom stereocenters. The molecule has 0 saturated carbocycles. The highest BCUT2D eigenvalue weighted by atomic mass is 19.1. The van der Waals surface area contributed by atoms with Crippen LogP contribution in [0.3, 0.4) is 0 Å². The van der Waals surface area contributed by atoms with E-state index in [1.165, 1.54) is 12.1 Å². The van der Waals surface area contributed by atoms with Crippen LogP contribution in [-0.4, -0.2) is 15.1 Å². The van der Waals surface area contributed by atoms with Gasteiger partial charge in [0.2, 0.25) is 5.82 Å². The zero-order chi connectivity index (χ0) is 18.8. The second kappa shape index (κ2) is 6.91. The molecule has 2 heterocycles. The number of aromatic nitrogens is 2. The molecule has 27 heavy (non-hydrogen) atoms. The highest BCUT2D eigenvalue weighted by Crippen LogP contribution is 2.21. The zero-order valence-corrected chi connectivity index (χ0v) is 14.1. The predicted octanol–water partition coefficient (Wildman–Crippen LogP) is 3.47. The largest absolute Gasteiger partial charge is 0.351 e. The Bertz CT molecular complexity index is 1020. The Balaban J connectivity index is 1.51. The van der Waals surface area contributed by atoms with E-state index in [1.54, 1.807) is 12.2 Å². The van der Waals surface area contributed by atoms with E-state index in [9.17, 15) is 8.78 Å². The number of halogens is 2. The Morgan fingerprint density at radius 1 is 1.07 bits per heavy atom. The van der Waals surface area contributed by atoms with E-state index >= 15 is 0 Å². The highest BCUT2D eigenvalue weighted by molar-refractivity contribution is 5.66. The number of benzene rings is 2. The molecule has 1 aliphatic rings. The Morgan fingerprint density at radius 3 is 2.63 bits per heavy atom. The normalized spacial score (nSPS) is 13.4. The second-order valence-electron chi connectivity index (χ2n) is 5.98. The third kappa shape index (κ3) is 3.79. The fraction of sp³-hybridized carbons (Fsp3) is 0.0526. The van der Waals surface area contributed by atoms with Crippen LogP contribution < -0.4 is 11.2 Å². The molecule has 4 rings (SSSR count). The van der Waals surface area contributed by atoms with Crippen LogP contribution in [0.5, 0.6) is 0 Å². The highest BCUT2D eigenvalue weighted by Gasteiger charge is 2.12. The maximum atomic E-state index is 13.5. The first-order chi connectivity index (χ1) is 13.1. The average Bonchev–Trinajstić information content (AvgIpc) is 3.08. The molecule has 0 amide bonds. The van der Waals surface area contributed by atoms with Crippen molar-refractivity contribution in [3.8, 4) is 11.4 Å². The van der Waals surface area contributed by atoms with Crippen LogP contribution in [0.15, 0.2) is 65.3 Å². The van der Waals surface area contributed by atoms with Gasteiger partial charge in [-0.2, -0.15) is 4.98 Å². The third-order valence-electron chi connectivity index (χ3n) is 3.95. The molecule has 136 valence electrons. The van der Waals surface area contributed by atoms with Gasteiger partial charge in [-0.15, -0.1) is 0 Å². The van der Waals surface area contributed by atoms with Gasteiger partial charge in [0.25, 0.3) is 0 Å². The monoisotopic (exact) mass is 367 g/mol. The van der Waals surface area contributed by atoms with Crippen LogP contribution >= 0.6 is 0 Å². The molecular formula is C19H15F2N5O. The molecule has 0 saturated heterocycles. The van der Waals surface area contributed by atoms with Gasteiger partial charge in [-0.25, -0.2) is 8.78 Å². The Labute approximate surface area is 153 Å². The summed E-state index contributed by atoms with van der Waals surface area (Å²) in [7, 11) is 0. The molecule has 3 aromatic rings. The third-order valence-corrected chi connectivity index (χ3v) is 3.95. The predicted molar refractivity (Wildman–Crippen MR) is 96.3 cm³/mol. The minimum Gasteiger partial charge on any atom is -0.351 e. The van der Waals surface area contributed by atoms with Crippen LogP contribution in [-0.2, 0) is 6.54 Å². The molecule has 3 N–H and O–H groups in total. The van der Waals surface area contributed by atoms with Crippen molar-refractivity contribution in [2.75, 3.05) is 5.73 Å². The summed E-state index contributed by atoms with van der Waals surface area (Å²) in [6.45, 7) is 0.507. The molecule has 2 aromatic carbocycles. The smallest absolute Gasteiger partial charge is 0.319 e. The van der Waals surface area contributed by atoms with E-state index in [1.807, 2.05) is 35.5 Å². The quantitative estimate of drug-likeness (QED) is 0.735. The van der Waals surface area contributed by atoms with Crippen molar-refractivity contribution in [2.24, 2.45) is 0 Å². The fourth-order valence-electron chi connectivity index (χ4n) is 2.79. The number of hydrogen-bond acceptors (Lipinski definition) is 6. The van der Waals surface area contributed by atoms with E-state index in [0.717, 1.165) is 17.2 Å². The molecule has 0 fully saturated rings. The van der Waals surface area contributed by atoms with Crippen molar-refractivity contribution in [3.05, 3.63) is 83.6 Å². The maximum Gasteiger partial charge on any atom is 0.319 e. The lowest BCUT2D eigenvalue weighted by molar-refractivity contribution is 0.313. The summed E-state index contributed by atoms with van der Waals surface area (Å²) in [5.41, 5.74) is 11.4. The van der Waals surface area contributed by atoms with Crippen molar-refractivity contribution < 1.29 is 13.3 Å². The molecule has 6 nitrogen and oxygen atoms in total. The maximum absolute atomic E-state index is 13.5. The summed E-state index contributed by atoms with van der Waals surface area (Å²) < 4.78 is 31.8. The Hall–Kier alpha value is -3.68. The van der Waals surface area contributed by atoms with E-state index in [-0.39, 0.29) is 6.01 Å². The van der Waals surface area contributed by atoms with Crippen molar-refractivity contribution in [1.82, 2.24) is 20.6 Å². The van der Waals surface area contributed by atoms with Gasteiger partial charge in [0.05, 0.1) is 12.2 Å². The molecule has 8 heteroatoms. The van der Waals surface area contributed by atoms with Crippen molar-refractivity contribution in [1.29, 1.82) is 0 Å². The number of rotatable bonds is 4. The van der Waals surface area contributed by atoms with Crippen molar-refractivity contribution >= 4 is 11.7 Å². The van der Waals surface area contributed by atoms with E-state index in [2.05, 4.69) is 15.6 Å². The summed E-state index contributed by atoms with van der Waals surface area (Å²) in [6.07, 6.45) is 5.39. The minimum atomic E-state index is -0.624. The molecule has 1 aromatic heterocycles. The number of hydrazine groups is 1. The lowest BCUT2D eigenvalue weighted by atomic mass is 10.1. The van der Waals surface area contributed by atoms with Gasteiger partial charge in [-0.05, 0) is 35.9 Å². The number of nitrogens with zero attached hydrogens (tertiary/aromatic N) is 3. The van der Waals surface area contributed by atoms with Gasteiger partial charge in [-0.1, -0.05) is 23.4 Å². The Kier molecular flexibility index (Phi) is 4.29. The summed E-state index contributed by atoms with van der Waals surface area (Å²) in [5, 5.41) is 5.62. The molecular weight excluding hydrogens is 352 g/mol. The SMILES string of the molecule is Nc1nc(-c2cccc(CN3C=CC=C(c4cc(F)cc(F)c4)N3)c2)no1. The van der Waals surface area contributed by atoms with Gasteiger partial charge in [-0.3, -0.25) is 10.4 Å². The number of nitrogen functional groups attached to an aromatic ring is 1. The van der Waals surface area contributed by atoms with Gasteiger partial charge >= 0.3 is 6.01 Å². The molecule has 0 spiro atoms. The van der Waals surface area contributed by atoms with Crippen molar-refractivity contribution in [2.45, 2.75) is 6.54 Å². The fourth-order valence-corrected chi connectivity index (χ4v) is 2.79. The topological polar surface area (TPSA) is 80.2 Å². The lowest BCUT2D eigenvalue weighted by Gasteiger charge is -2.27. The van der Waals surface area contributed by atoms with Crippen molar-refractivity contribution in [3.63, 3.8) is 0 Å². The van der Waals surface area contributed by atoms with Gasteiger partial charge in [0, 0.05) is 23.4 Å². The summed E-state index contributed by atoms with van der Waals surface area (Å²) in [4.78, 5) is 4.01.